The molecule has 0 radical (unpaired) electrons. The molecule has 0 saturated heterocycles. The minimum atomic E-state index is -2.25. The predicted octanol–water partition coefficient (Wildman–Crippen LogP) is 8.55. The smallest absolute Gasteiger partial charge is 0.434 e. The third-order valence-corrected chi connectivity index (χ3v) is 12.3. The molecule has 0 saturated carbocycles. The monoisotopic (exact) mass is 586 g/mol. The molecule has 10 heteroatoms. The van der Waals surface area contributed by atoms with Gasteiger partial charge in [0.25, 0.3) is 0 Å². The van der Waals surface area contributed by atoms with Crippen LogP contribution in [0.15, 0.2) is 5.38 Å². The number of hydrogen-bond acceptors (Lipinski definition) is 8. The van der Waals surface area contributed by atoms with Gasteiger partial charge in [-0.15, -0.1) is 11.3 Å². The van der Waals surface area contributed by atoms with Crippen LogP contribution in [0.3, 0.4) is 0 Å². The highest BCUT2D eigenvalue weighted by Crippen LogP contribution is 2.42. The predicted molar refractivity (Wildman–Crippen MR) is 161 cm³/mol. The fraction of sp³-hybridized carbons (Fsp3) is 0.828. The van der Waals surface area contributed by atoms with Gasteiger partial charge in [0, 0.05) is 11.8 Å². The van der Waals surface area contributed by atoms with E-state index in [2.05, 4.69) is 59.6 Å². The van der Waals surface area contributed by atoms with Crippen molar-refractivity contribution in [3.05, 3.63) is 16.1 Å². The number of carbonyl (C=O) groups excluding carboxylic acids is 2. The summed E-state index contributed by atoms with van der Waals surface area (Å²) in [6, 6.07) is -0.337. The summed E-state index contributed by atoms with van der Waals surface area (Å²) in [6.07, 6.45) is 3.66. The van der Waals surface area contributed by atoms with Gasteiger partial charge in [-0.2, -0.15) is 5.06 Å². The maximum Gasteiger partial charge on any atom is 0.434 e. The van der Waals surface area contributed by atoms with E-state index in [0.29, 0.717) is 18.0 Å². The highest BCUT2D eigenvalue weighted by molar-refractivity contribution is 7.09. The second kappa shape index (κ2) is 15.5. The van der Waals surface area contributed by atoms with Gasteiger partial charge in [0.1, 0.15) is 10.6 Å². The van der Waals surface area contributed by atoms with Crippen LogP contribution in [-0.2, 0) is 18.7 Å². The Kier molecular flexibility index (Phi) is 14.1. The zero-order valence-electron chi connectivity index (χ0n) is 26.5. The molecule has 1 amide bonds. The van der Waals surface area contributed by atoms with Gasteiger partial charge in [-0.1, -0.05) is 60.8 Å². The van der Waals surface area contributed by atoms with E-state index >= 15 is 0 Å². The summed E-state index contributed by atoms with van der Waals surface area (Å²) in [5.74, 6) is -0.402. The fourth-order valence-electron chi connectivity index (χ4n) is 3.61. The van der Waals surface area contributed by atoms with Crippen LogP contribution < -0.4 is 0 Å². The number of amides is 1. The van der Waals surface area contributed by atoms with Crippen LogP contribution >= 0.6 is 11.3 Å². The molecule has 0 fully saturated rings. The number of unbranched alkanes of at least 4 members (excludes halogenated alkanes) is 3. The average molecular weight is 587 g/mol. The van der Waals surface area contributed by atoms with E-state index in [1.54, 1.807) is 12.3 Å². The molecule has 0 aliphatic rings. The maximum absolute atomic E-state index is 13.4. The number of rotatable bonds is 15. The van der Waals surface area contributed by atoms with E-state index in [1.165, 1.54) is 16.4 Å². The first-order valence-corrected chi connectivity index (χ1v) is 18.2. The van der Waals surface area contributed by atoms with Crippen molar-refractivity contribution in [3.63, 3.8) is 0 Å². The summed E-state index contributed by atoms with van der Waals surface area (Å²) in [5, 5.41) is 3.79. The third kappa shape index (κ3) is 11.9. The summed E-state index contributed by atoms with van der Waals surface area (Å²) in [7, 11) is -2.25. The fourth-order valence-corrected chi connectivity index (χ4v) is 5.79. The normalized spacial score (nSPS) is 14.3. The van der Waals surface area contributed by atoms with Gasteiger partial charge in [0.05, 0.1) is 25.4 Å². The van der Waals surface area contributed by atoms with Gasteiger partial charge in [0.15, 0.2) is 14.0 Å². The number of carbonyl (C=O) groups is 2. The minimum absolute atomic E-state index is 0.0412. The number of esters is 1. The zero-order valence-corrected chi connectivity index (χ0v) is 28.3. The number of hydrogen-bond donors (Lipinski definition) is 0. The standard InChI is InChI=1S/C29H54N2O6SSi/c1-13-15-16-17-18-35-31(27(33)36-28(5,6)7)23(21(3)4)19-24(37-39(11,12)29(8,9)10)25-30-22(20-38-25)26(32)34-14-2/h20-21,23-24H,13-19H2,1-12H3. The van der Waals surface area contributed by atoms with Crippen LogP contribution in [0.5, 0.6) is 0 Å². The molecule has 226 valence electrons. The SMILES string of the molecule is CCCCCCON(C(=O)OC(C)(C)C)C(CC(O[Si](C)(C)C(C)(C)C)c1nc(C(=O)OCC)cs1)C(C)C. The van der Waals surface area contributed by atoms with Crippen LogP contribution in [0.25, 0.3) is 0 Å². The van der Waals surface area contributed by atoms with Crippen molar-refractivity contribution in [1.82, 2.24) is 10.0 Å². The Hall–Kier alpha value is -1.49. The Labute approximate surface area is 242 Å². The van der Waals surface area contributed by atoms with Gasteiger partial charge in [-0.3, -0.25) is 4.84 Å². The lowest BCUT2D eigenvalue weighted by atomic mass is 9.98. The van der Waals surface area contributed by atoms with Crippen molar-refractivity contribution in [1.29, 1.82) is 0 Å². The quantitative estimate of drug-likeness (QED) is 0.0880. The van der Waals surface area contributed by atoms with Crippen molar-refractivity contribution in [3.8, 4) is 0 Å². The van der Waals surface area contributed by atoms with Gasteiger partial charge < -0.3 is 13.9 Å². The highest BCUT2D eigenvalue weighted by Gasteiger charge is 2.42. The minimum Gasteiger partial charge on any atom is -0.461 e. The van der Waals surface area contributed by atoms with Gasteiger partial charge >= 0.3 is 12.1 Å². The number of nitrogens with zero attached hydrogens (tertiary/aromatic N) is 2. The zero-order chi connectivity index (χ0) is 30.0. The summed E-state index contributed by atoms with van der Waals surface area (Å²) in [5.41, 5.74) is -0.387. The molecule has 1 rings (SSSR count). The number of aromatic nitrogens is 1. The van der Waals surface area contributed by atoms with Crippen LogP contribution in [0.1, 0.15) is 123 Å². The molecule has 0 aliphatic heterocycles. The second-order valence-electron chi connectivity index (χ2n) is 12.9. The number of thiazole rings is 1. The van der Waals surface area contributed by atoms with Gasteiger partial charge in [-0.25, -0.2) is 14.6 Å². The van der Waals surface area contributed by atoms with E-state index < -0.39 is 32.1 Å². The summed E-state index contributed by atoms with van der Waals surface area (Å²) >= 11 is 1.38. The van der Waals surface area contributed by atoms with E-state index in [-0.39, 0.29) is 29.3 Å². The van der Waals surface area contributed by atoms with E-state index in [4.69, 9.17) is 18.7 Å². The molecule has 0 aliphatic carbocycles. The molecule has 0 N–H and O–H groups in total. The molecule has 1 aromatic rings. The first-order valence-electron chi connectivity index (χ1n) is 14.4. The first-order chi connectivity index (χ1) is 17.9. The highest BCUT2D eigenvalue weighted by atomic mass is 32.1. The van der Waals surface area contributed by atoms with E-state index in [1.807, 2.05) is 20.8 Å². The second-order valence-corrected chi connectivity index (χ2v) is 18.6. The lowest BCUT2D eigenvalue weighted by Crippen LogP contribution is -2.48. The van der Waals surface area contributed by atoms with Crippen molar-refractivity contribution in [2.45, 2.75) is 137 Å². The number of hydroxylamine groups is 2. The molecule has 1 aromatic heterocycles. The largest absolute Gasteiger partial charge is 0.461 e. The molecule has 39 heavy (non-hydrogen) atoms. The van der Waals surface area contributed by atoms with Crippen LogP contribution in [0.4, 0.5) is 4.79 Å². The molecule has 0 bridgehead atoms. The van der Waals surface area contributed by atoms with Crippen LogP contribution in [-0.4, -0.2) is 55.3 Å². The lowest BCUT2D eigenvalue weighted by molar-refractivity contribution is -0.184. The first kappa shape index (κ1) is 35.5. The van der Waals surface area contributed by atoms with Crippen molar-refractivity contribution in [2.75, 3.05) is 13.2 Å². The van der Waals surface area contributed by atoms with Crippen molar-refractivity contribution in [2.24, 2.45) is 5.92 Å². The molecule has 0 spiro atoms. The summed E-state index contributed by atoms with van der Waals surface area (Å²) < 4.78 is 17.8. The molecular weight excluding hydrogens is 532 g/mol. The molecular formula is C29H54N2O6SSi. The molecule has 1 heterocycles. The van der Waals surface area contributed by atoms with Crippen molar-refractivity contribution < 1.29 is 28.3 Å². The Morgan fingerprint density at radius 2 is 1.69 bits per heavy atom. The molecule has 2 atom stereocenters. The Bertz CT molecular complexity index is 891. The van der Waals surface area contributed by atoms with E-state index in [0.717, 1.165) is 25.7 Å². The molecule has 2 unspecified atom stereocenters. The summed E-state index contributed by atoms with van der Waals surface area (Å²) in [4.78, 5) is 36.6. The van der Waals surface area contributed by atoms with Crippen LogP contribution in [0, 0.1) is 5.92 Å². The van der Waals surface area contributed by atoms with Crippen LogP contribution in [0.2, 0.25) is 18.1 Å². The molecule has 8 nitrogen and oxygen atoms in total. The van der Waals surface area contributed by atoms with Crippen molar-refractivity contribution >= 4 is 31.7 Å². The molecule has 0 aromatic carbocycles. The lowest BCUT2D eigenvalue weighted by Gasteiger charge is -2.41. The summed E-state index contributed by atoms with van der Waals surface area (Å²) in [6.45, 7) is 25.3. The van der Waals surface area contributed by atoms with Gasteiger partial charge in [0.2, 0.25) is 0 Å². The average Bonchev–Trinajstić information content (AvgIpc) is 3.28. The van der Waals surface area contributed by atoms with Gasteiger partial charge in [-0.05, 0) is 58.2 Å². The topological polar surface area (TPSA) is 87.2 Å². The number of ether oxygens (including phenoxy) is 2. The Morgan fingerprint density at radius 1 is 1.05 bits per heavy atom. The Morgan fingerprint density at radius 3 is 2.21 bits per heavy atom. The maximum atomic E-state index is 13.4. The third-order valence-electron chi connectivity index (χ3n) is 6.85. The Balaban J connectivity index is 3.42. The van der Waals surface area contributed by atoms with E-state index in [9.17, 15) is 9.59 Å².